The standard InChI is InChI=1S/C18H19N3O.2ClH/c1-21(2)10-9-12-7-8-14(18(19)22)17-15(12)11-13-5-3-4-6-16(13)20-17;;/h3-8,11H,9-10H2,1-2H3,(H2,19,22);2*1H. The second-order valence-electron chi connectivity index (χ2n) is 5.77. The van der Waals surface area contributed by atoms with Gasteiger partial charge in [0.25, 0.3) is 5.91 Å². The van der Waals surface area contributed by atoms with Crippen LogP contribution in [0.25, 0.3) is 21.8 Å². The van der Waals surface area contributed by atoms with Crippen LogP contribution in [0.15, 0.2) is 42.5 Å². The molecule has 1 amide bonds. The lowest BCUT2D eigenvalue weighted by molar-refractivity contribution is 0.100. The molecule has 0 aliphatic carbocycles. The van der Waals surface area contributed by atoms with Crippen molar-refractivity contribution in [3.05, 3.63) is 53.6 Å². The second kappa shape index (κ2) is 8.29. The molecule has 128 valence electrons. The average Bonchev–Trinajstić information content (AvgIpc) is 2.50. The minimum Gasteiger partial charge on any atom is -0.366 e. The summed E-state index contributed by atoms with van der Waals surface area (Å²) in [6.07, 6.45) is 0.905. The van der Waals surface area contributed by atoms with Crippen LogP contribution in [0, 0.1) is 0 Å². The predicted molar refractivity (Wildman–Crippen MR) is 105 cm³/mol. The molecule has 0 radical (unpaired) electrons. The first-order valence-corrected chi connectivity index (χ1v) is 7.32. The van der Waals surface area contributed by atoms with Crippen LogP contribution in [0.2, 0.25) is 0 Å². The number of nitrogens with zero attached hydrogens (tertiary/aromatic N) is 2. The van der Waals surface area contributed by atoms with E-state index >= 15 is 0 Å². The molecule has 2 N–H and O–H groups in total. The Kier molecular flexibility index (Phi) is 6.96. The molecule has 0 spiro atoms. The van der Waals surface area contributed by atoms with Crippen LogP contribution in [0.4, 0.5) is 0 Å². The lowest BCUT2D eigenvalue weighted by atomic mass is 9.99. The van der Waals surface area contributed by atoms with Gasteiger partial charge in [-0.05, 0) is 44.3 Å². The number of primary amides is 1. The number of rotatable bonds is 4. The van der Waals surface area contributed by atoms with Gasteiger partial charge in [0.1, 0.15) is 0 Å². The molecule has 0 fully saturated rings. The van der Waals surface area contributed by atoms with Crippen molar-refractivity contribution >= 4 is 52.5 Å². The Morgan fingerprint density at radius 3 is 2.50 bits per heavy atom. The molecule has 6 heteroatoms. The van der Waals surface area contributed by atoms with E-state index in [2.05, 4.69) is 16.0 Å². The maximum atomic E-state index is 11.7. The quantitative estimate of drug-likeness (QED) is 0.720. The van der Waals surface area contributed by atoms with E-state index in [1.807, 2.05) is 44.4 Å². The van der Waals surface area contributed by atoms with Crippen LogP contribution in [0.1, 0.15) is 15.9 Å². The summed E-state index contributed by atoms with van der Waals surface area (Å²) in [5, 5.41) is 2.08. The summed E-state index contributed by atoms with van der Waals surface area (Å²) in [4.78, 5) is 18.5. The third-order valence-electron chi connectivity index (χ3n) is 3.87. The smallest absolute Gasteiger partial charge is 0.250 e. The molecular weight excluding hydrogens is 345 g/mol. The van der Waals surface area contributed by atoms with E-state index in [0.717, 1.165) is 29.3 Å². The van der Waals surface area contributed by atoms with Gasteiger partial charge in [-0.25, -0.2) is 4.98 Å². The number of para-hydroxylation sites is 1. The zero-order valence-electron chi connectivity index (χ0n) is 13.7. The number of carbonyl (C=O) groups is 1. The maximum Gasteiger partial charge on any atom is 0.250 e. The molecule has 3 rings (SSSR count). The number of benzene rings is 2. The summed E-state index contributed by atoms with van der Waals surface area (Å²) in [7, 11) is 4.10. The number of hydrogen-bond donors (Lipinski definition) is 1. The Balaban J connectivity index is 0.00000144. The lowest BCUT2D eigenvalue weighted by Crippen LogP contribution is -2.16. The second-order valence-corrected chi connectivity index (χ2v) is 5.77. The first-order valence-electron chi connectivity index (χ1n) is 7.32. The molecular formula is C18H21Cl2N3O. The van der Waals surface area contributed by atoms with Gasteiger partial charge in [-0.15, -0.1) is 24.8 Å². The van der Waals surface area contributed by atoms with Crippen LogP contribution in [0.3, 0.4) is 0 Å². The van der Waals surface area contributed by atoms with Gasteiger partial charge in [0.15, 0.2) is 0 Å². The molecule has 0 saturated carbocycles. The average molecular weight is 366 g/mol. The highest BCUT2D eigenvalue weighted by Crippen LogP contribution is 2.26. The zero-order chi connectivity index (χ0) is 15.7. The molecule has 0 atom stereocenters. The van der Waals surface area contributed by atoms with Crippen LogP contribution < -0.4 is 5.73 Å². The van der Waals surface area contributed by atoms with E-state index in [1.54, 1.807) is 6.07 Å². The number of fused-ring (bicyclic) bond motifs is 2. The molecule has 3 aromatic rings. The molecule has 24 heavy (non-hydrogen) atoms. The van der Waals surface area contributed by atoms with E-state index in [4.69, 9.17) is 5.73 Å². The number of halogens is 2. The number of nitrogens with two attached hydrogens (primary N) is 1. The van der Waals surface area contributed by atoms with Crippen molar-refractivity contribution in [3.63, 3.8) is 0 Å². The molecule has 0 saturated heterocycles. The van der Waals surface area contributed by atoms with E-state index in [9.17, 15) is 4.79 Å². The van der Waals surface area contributed by atoms with Gasteiger partial charge in [-0.3, -0.25) is 4.79 Å². The molecule has 0 unspecified atom stereocenters. The largest absolute Gasteiger partial charge is 0.366 e. The summed E-state index contributed by atoms with van der Waals surface area (Å²) in [5.41, 5.74) is 8.75. The lowest BCUT2D eigenvalue weighted by Gasteiger charge is -2.13. The fourth-order valence-electron chi connectivity index (χ4n) is 2.68. The van der Waals surface area contributed by atoms with Crippen molar-refractivity contribution < 1.29 is 4.79 Å². The minimum atomic E-state index is -0.438. The van der Waals surface area contributed by atoms with Crippen molar-refractivity contribution in [2.24, 2.45) is 5.73 Å². The van der Waals surface area contributed by atoms with Crippen LogP contribution in [-0.2, 0) is 6.42 Å². The van der Waals surface area contributed by atoms with Gasteiger partial charge in [-0.2, -0.15) is 0 Å². The molecule has 0 aliphatic rings. The number of carbonyl (C=O) groups excluding carboxylic acids is 1. The van der Waals surface area contributed by atoms with Gasteiger partial charge in [0, 0.05) is 17.3 Å². The molecule has 1 heterocycles. The maximum absolute atomic E-state index is 11.7. The van der Waals surface area contributed by atoms with Crippen molar-refractivity contribution in [1.82, 2.24) is 9.88 Å². The van der Waals surface area contributed by atoms with Crippen LogP contribution >= 0.6 is 24.8 Å². The Morgan fingerprint density at radius 2 is 1.83 bits per heavy atom. The Hall–Kier alpha value is -1.88. The van der Waals surface area contributed by atoms with Gasteiger partial charge in [-0.1, -0.05) is 24.3 Å². The van der Waals surface area contributed by atoms with E-state index in [1.165, 1.54) is 5.56 Å². The fourth-order valence-corrected chi connectivity index (χ4v) is 2.68. The highest BCUT2D eigenvalue weighted by molar-refractivity contribution is 6.08. The SMILES string of the molecule is CN(C)CCc1ccc(C(N)=O)c2nc3ccccc3cc12.Cl.Cl. The van der Waals surface area contributed by atoms with Crippen molar-refractivity contribution in [2.75, 3.05) is 20.6 Å². The molecule has 0 bridgehead atoms. The minimum absolute atomic E-state index is 0. The molecule has 4 nitrogen and oxygen atoms in total. The third kappa shape index (κ3) is 3.96. The number of aromatic nitrogens is 1. The highest BCUT2D eigenvalue weighted by atomic mass is 35.5. The van der Waals surface area contributed by atoms with Crippen LogP contribution in [-0.4, -0.2) is 36.4 Å². The third-order valence-corrected chi connectivity index (χ3v) is 3.87. The zero-order valence-corrected chi connectivity index (χ0v) is 15.3. The summed E-state index contributed by atoms with van der Waals surface area (Å²) in [6.45, 7) is 0.942. The molecule has 0 aliphatic heterocycles. The summed E-state index contributed by atoms with van der Waals surface area (Å²) in [6, 6.07) is 13.8. The first-order chi connectivity index (χ1) is 10.6. The molecule has 2 aromatic carbocycles. The van der Waals surface area contributed by atoms with E-state index < -0.39 is 5.91 Å². The number of likely N-dealkylation sites (N-methyl/N-ethyl adjacent to an activating group) is 1. The van der Waals surface area contributed by atoms with Gasteiger partial charge in [0.2, 0.25) is 0 Å². The normalized spacial score (nSPS) is 10.5. The van der Waals surface area contributed by atoms with Gasteiger partial charge < -0.3 is 10.6 Å². The number of hydrogen-bond acceptors (Lipinski definition) is 3. The highest BCUT2D eigenvalue weighted by Gasteiger charge is 2.12. The topological polar surface area (TPSA) is 59.2 Å². The Labute approximate surface area is 153 Å². The summed E-state index contributed by atoms with van der Waals surface area (Å²) >= 11 is 0. The predicted octanol–water partition coefficient (Wildman–Crippen LogP) is 3.43. The Bertz CT molecular complexity index is 865. The number of amides is 1. The van der Waals surface area contributed by atoms with Gasteiger partial charge >= 0.3 is 0 Å². The van der Waals surface area contributed by atoms with Crippen LogP contribution in [0.5, 0.6) is 0 Å². The summed E-state index contributed by atoms with van der Waals surface area (Å²) < 4.78 is 0. The van der Waals surface area contributed by atoms with Crippen molar-refractivity contribution in [2.45, 2.75) is 6.42 Å². The monoisotopic (exact) mass is 365 g/mol. The van der Waals surface area contributed by atoms with E-state index in [-0.39, 0.29) is 24.8 Å². The van der Waals surface area contributed by atoms with Gasteiger partial charge in [0.05, 0.1) is 16.6 Å². The van der Waals surface area contributed by atoms with E-state index in [0.29, 0.717) is 11.1 Å². The molecule has 1 aromatic heterocycles. The van der Waals surface area contributed by atoms with Crippen molar-refractivity contribution in [1.29, 1.82) is 0 Å². The fraction of sp³-hybridized carbons (Fsp3) is 0.222. The summed E-state index contributed by atoms with van der Waals surface area (Å²) in [5.74, 6) is -0.438. The number of pyridine rings is 1. The first kappa shape index (κ1) is 20.2. The van der Waals surface area contributed by atoms with Crippen molar-refractivity contribution in [3.8, 4) is 0 Å². The Morgan fingerprint density at radius 1 is 1.12 bits per heavy atom.